The highest BCUT2D eigenvalue weighted by molar-refractivity contribution is 7.99. The average molecular weight is 261 g/mol. The van der Waals surface area contributed by atoms with Crippen LogP contribution in [0.15, 0.2) is 35.9 Å². The molecular weight excluding hydrogens is 246 g/mol. The molecule has 2 aromatic heterocycles. The zero-order chi connectivity index (χ0) is 12.6. The first-order chi connectivity index (χ1) is 8.84. The lowest BCUT2D eigenvalue weighted by atomic mass is 10.5. The third kappa shape index (κ3) is 4.29. The van der Waals surface area contributed by atoms with Crippen LogP contribution in [0.1, 0.15) is 12.1 Å². The summed E-state index contributed by atoms with van der Waals surface area (Å²) in [5.74, 6) is 1.65. The number of nitrogens with one attached hydrogen (secondary N) is 1. The highest BCUT2D eigenvalue weighted by Crippen LogP contribution is 2.13. The van der Waals surface area contributed by atoms with Crippen LogP contribution in [-0.4, -0.2) is 32.2 Å². The highest BCUT2D eigenvalue weighted by Gasteiger charge is 1.98. The SMILES string of the molecule is Cc1ccnc(SCCCNc2ncccn2)n1. The summed E-state index contributed by atoms with van der Waals surface area (Å²) in [6.45, 7) is 2.82. The fourth-order valence-electron chi connectivity index (χ4n) is 1.32. The molecule has 0 aliphatic carbocycles. The van der Waals surface area contributed by atoms with E-state index >= 15 is 0 Å². The van der Waals surface area contributed by atoms with Gasteiger partial charge in [-0.3, -0.25) is 0 Å². The number of nitrogens with zero attached hydrogens (tertiary/aromatic N) is 4. The number of aryl methyl sites for hydroxylation is 1. The molecule has 94 valence electrons. The molecule has 2 rings (SSSR count). The highest BCUT2D eigenvalue weighted by atomic mass is 32.2. The molecule has 0 radical (unpaired) electrons. The molecule has 1 N–H and O–H groups in total. The second-order valence-electron chi connectivity index (χ2n) is 3.68. The van der Waals surface area contributed by atoms with Gasteiger partial charge in [-0.25, -0.2) is 19.9 Å². The summed E-state index contributed by atoms with van der Waals surface area (Å²) < 4.78 is 0. The molecule has 2 aromatic rings. The van der Waals surface area contributed by atoms with Crippen LogP contribution >= 0.6 is 11.8 Å². The van der Waals surface area contributed by atoms with E-state index in [1.165, 1.54) is 0 Å². The molecule has 18 heavy (non-hydrogen) atoms. The Morgan fingerprint density at radius 1 is 1.17 bits per heavy atom. The van der Waals surface area contributed by atoms with E-state index in [1.807, 2.05) is 13.0 Å². The maximum absolute atomic E-state index is 4.34. The Hall–Kier alpha value is -1.69. The molecule has 2 heterocycles. The van der Waals surface area contributed by atoms with Gasteiger partial charge in [0.15, 0.2) is 5.16 Å². The average Bonchev–Trinajstić information content (AvgIpc) is 2.40. The second-order valence-corrected chi connectivity index (χ2v) is 4.74. The van der Waals surface area contributed by atoms with Gasteiger partial charge >= 0.3 is 0 Å². The molecule has 0 aliphatic heterocycles. The Kier molecular flexibility index (Phi) is 4.89. The number of hydrogen-bond acceptors (Lipinski definition) is 6. The van der Waals surface area contributed by atoms with Gasteiger partial charge < -0.3 is 5.32 Å². The van der Waals surface area contributed by atoms with Gasteiger partial charge in [-0.15, -0.1) is 0 Å². The van der Waals surface area contributed by atoms with Crippen LogP contribution in [0.25, 0.3) is 0 Å². The molecule has 0 saturated carbocycles. The molecule has 0 atom stereocenters. The van der Waals surface area contributed by atoms with Crippen molar-refractivity contribution in [3.05, 3.63) is 36.4 Å². The van der Waals surface area contributed by atoms with Gasteiger partial charge in [-0.05, 0) is 25.5 Å². The van der Waals surface area contributed by atoms with Crippen molar-refractivity contribution in [2.24, 2.45) is 0 Å². The summed E-state index contributed by atoms with van der Waals surface area (Å²) >= 11 is 1.67. The van der Waals surface area contributed by atoms with Crippen LogP contribution in [0.5, 0.6) is 0 Å². The minimum atomic E-state index is 0.675. The summed E-state index contributed by atoms with van der Waals surface area (Å²) in [7, 11) is 0. The first-order valence-corrected chi connectivity index (χ1v) is 6.76. The lowest BCUT2D eigenvalue weighted by Crippen LogP contribution is -2.05. The quantitative estimate of drug-likeness (QED) is 0.488. The van der Waals surface area contributed by atoms with Crippen LogP contribution in [0.3, 0.4) is 0 Å². The van der Waals surface area contributed by atoms with Gasteiger partial charge in [0.2, 0.25) is 5.95 Å². The zero-order valence-electron chi connectivity index (χ0n) is 10.2. The van der Waals surface area contributed by atoms with Gasteiger partial charge in [0.25, 0.3) is 0 Å². The third-order valence-electron chi connectivity index (χ3n) is 2.17. The molecule has 0 bridgehead atoms. The van der Waals surface area contributed by atoms with E-state index in [-0.39, 0.29) is 0 Å². The van der Waals surface area contributed by atoms with Crippen molar-refractivity contribution in [1.29, 1.82) is 0 Å². The molecule has 6 heteroatoms. The fourth-order valence-corrected chi connectivity index (χ4v) is 2.14. The first kappa shape index (κ1) is 12.8. The van der Waals surface area contributed by atoms with Crippen molar-refractivity contribution in [1.82, 2.24) is 19.9 Å². The molecule has 0 aromatic carbocycles. The summed E-state index contributed by atoms with van der Waals surface area (Å²) in [6.07, 6.45) is 6.26. The largest absolute Gasteiger partial charge is 0.354 e. The van der Waals surface area contributed by atoms with Crippen molar-refractivity contribution in [3.8, 4) is 0 Å². The van der Waals surface area contributed by atoms with Crippen LogP contribution < -0.4 is 5.32 Å². The summed E-state index contributed by atoms with van der Waals surface area (Å²) in [4.78, 5) is 16.7. The van der Waals surface area contributed by atoms with Crippen LogP contribution in [0.4, 0.5) is 5.95 Å². The number of thioether (sulfide) groups is 1. The van der Waals surface area contributed by atoms with E-state index in [1.54, 1.807) is 36.4 Å². The lowest BCUT2D eigenvalue weighted by Gasteiger charge is -2.03. The van der Waals surface area contributed by atoms with Crippen LogP contribution in [-0.2, 0) is 0 Å². The lowest BCUT2D eigenvalue weighted by molar-refractivity contribution is 0.919. The number of rotatable bonds is 6. The van der Waals surface area contributed by atoms with Gasteiger partial charge in [0.05, 0.1) is 0 Å². The van der Waals surface area contributed by atoms with Crippen molar-refractivity contribution < 1.29 is 0 Å². The zero-order valence-corrected chi connectivity index (χ0v) is 11.0. The van der Waals surface area contributed by atoms with Crippen molar-refractivity contribution >= 4 is 17.7 Å². The molecule has 0 aliphatic rings. The molecular formula is C12H15N5S. The van der Waals surface area contributed by atoms with E-state index in [9.17, 15) is 0 Å². The van der Waals surface area contributed by atoms with Crippen molar-refractivity contribution in [2.75, 3.05) is 17.6 Å². The summed E-state index contributed by atoms with van der Waals surface area (Å²) in [5, 5.41) is 4.00. The fraction of sp³-hybridized carbons (Fsp3) is 0.333. The van der Waals surface area contributed by atoms with Gasteiger partial charge in [-0.1, -0.05) is 11.8 Å². The first-order valence-electron chi connectivity index (χ1n) is 5.78. The Morgan fingerprint density at radius 2 is 2.00 bits per heavy atom. The van der Waals surface area contributed by atoms with Crippen LogP contribution in [0, 0.1) is 6.92 Å². The maximum Gasteiger partial charge on any atom is 0.222 e. The van der Waals surface area contributed by atoms with E-state index in [0.29, 0.717) is 5.95 Å². The molecule has 0 fully saturated rings. The Morgan fingerprint density at radius 3 is 2.78 bits per heavy atom. The third-order valence-corrected chi connectivity index (χ3v) is 3.12. The molecule has 0 unspecified atom stereocenters. The Balaban J connectivity index is 1.65. The number of aromatic nitrogens is 4. The Labute approximate surface area is 110 Å². The molecule has 5 nitrogen and oxygen atoms in total. The molecule has 0 saturated heterocycles. The standard InChI is InChI=1S/C12H15N5S/c1-10-4-8-16-12(17-10)18-9-3-7-15-11-13-5-2-6-14-11/h2,4-6,8H,3,7,9H2,1H3,(H,13,14,15). The summed E-state index contributed by atoms with van der Waals surface area (Å²) in [6, 6.07) is 3.70. The van der Waals surface area contributed by atoms with Gasteiger partial charge in [0, 0.05) is 36.6 Å². The smallest absolute Gasteiger partial charge is 0.222 e. The predicted octanol–water partition coefficient (Wildman–Crippen LogP) is 2.17. The minimum Gasteiger partial charge on any atom is -0.354 e. The monoisotopic (exact) mass is 261 g/mol. The number of hydrogen-bond donors (Lipinski definition) is 1. The summed E-state index contributed by atoms with van der Waals surface area (Å²) in [5.41, 5.74) is 1.00. The predicted molar refractivity (Wildman–Crippen MR) is 72.6 cm³/mol. The van der Waals surface area contributed by atoms with Crippen molar-refractivity contribution in [2.45, 2.75) is 18.5 Å². The topological polar surface area (TPSA) is 63.6 Å². The van der Waals surface area contributed by atoms with Crippen molar-refractivity contribution in [3.63, 3.8) is 0 Å². The Bertz CT molecular complexity index is 477. The molecule has 0 amide bonds. The van der Waals surface area contributed by atoms with E-state index < -0.39 is 0 Å². The second kappa shape index (κ2) is 6.90. The molecule has 0 spiro atoms. The van der Waals surface area contributed by atoms with Gasteiger partial charge in [0.1, 0.15) is 0 Å². The van der Waals surface area contributed by atoms with E-state index in [0.717, 1.165) is 29.6 Å². The van der Waals surface area contributed by atoms with Crippen LogP contribution in [0.2, 0.25) is 0 Å². The maximum atomic E-state index is 4.34. The van der Waals surface area contributed by atoms with E-state index in [4.69, 9.17) is 0 Å². The van der Waals surface area contributed by atoms with Gasteiger partial charge in [-0.2, -0.15) is 0 Å². The number of anilines is 1. The van der Waals surface area contributed by atoms with E-state index in [2.05, 4.69) is 25.3 Å². The normalized spacial score (nSPS) is 10.3. The minimum absolute atomic E-state index is 0.675.